The normalized spacial score (nSPS) is 19.4. The van der Waals surface area contributed by atoms with E-state index in [1.54, 1.807) is 10.9 Å². The van der Waals surface area contributed by atoms with E-state index in [-0.39, 0.29) is 11.9 Å². The van der Waals surface area contributed by atoms with Crippen molar-refractivity contribution in [1.29, 1.82) is 0 Å². The van der Waals surface area contributed by atoms with Gasteiger partial charge in [-0.05, 0) is 20.9 Å². The number of likely N-dealkylation sites (N-methyl/N-ethyl adjacent to an activating group) is 1. The van der Waals surface area contributed by atoms with Crippen LogP contribution in [0, 0.1) is 6.92 Å². The van der Waals surface area contributed by atoms with Gasteiger partial charge in [0.25, 0.3) is 0 Å². The molecule has 106 valence electrons. The number of amides is 1. The van der Waals surface area contributed by atoms with Crippen molar-refractivity contribution in [1.82, 2.24) is 19.6 Å². The minimum atomic E-state index is -0.103. The summed E-state index contributed by atoms with van der Waals surface area (Å²) < 4.78 is 1.76. The van der Waals surface area contributed by atoms with Crippen LogP contribution in [-0.2, 0) is 11.8 Å². The topological polar surface area (TPSA) is 53.4 Å². The molecule has 0 radical (unpaired) electrons. The second-order valence-corrected chi connectivity index (χ2v) is 5.27. The van der Waals surface area contributed by atoms with Crippen molar-refractivity contribution >= 4 is 11.6 Å². The molecule has 1 aliphatic heterocycles. The molecule has 1 fully saturated rings. The standard InChI is InChI=1S/C13H23N5O/c1-10-12(9-14-17(10)4)15-13(19)11(2)18-7-5-16(3)6-8-18/h9,11H,5-8H2,1-4H3,(H,15,19). The van der Waals surface area contributed by atoms with Crippen LogP contribution >= 0.6 is 0 Å². The van der Waals surface area contributed by atoms with Gasteiger partial charge in [-0.1, -0.05) is 0 Å². The molecule has 6 nitrogen and oxygen atoms in total. The minimum absolute atomic E-state index is 0.0423. The number of piperazine rings is 1. The minimum Gasteiger partial charge on any atom is -0.322 e. The number of rotatable bonds is 3. The van der Waals surface area contributed by atoms with Gasteiger partial charge in [-0.25, -0.2) is 0 Å². The van der Waals surface area contributed by atoms with Gasteiger partial charge in [-0.3, -0.25) is 14.4 Å². The van der Waals surface area contributed by atoms with E-state index in [0.717, 1.165) is 37.6 Å². The Hall–Kier alpha value is -1.40. The first-order chi connectivity index (χ1) is 8.99. The highest BCUT2D eigenvalue weighted by Crippen LogP contribution is 2.14. The second-order valence-electron chi connectivity index (χ2n) is 5.27. The van der Waals surface area contributed by atoms with Gasteiger partial charge in [0, 0.05) is 33.2 Å². The molecule has 1 aromatic heterocycles. The Bertz CT molecular complexity index is 448. The van der Waals surface area contributed by atoms with Crippen LogP contribution in [-0.4, -0.2) is 64.8 Å². The number of hydrogen-bond donors (Lipinski definition) is 1. The number of carbonyl (C=O) groups excluding carboxylic acids is 1. The molecule has 1 aromatic rings. The Labute approximate surface area is 114 Å². The summed E-state index contributed by atoms with van der Waals surface area (Å²) in [6.07, 6.45) is 1.70. The van der Waals surface area contributed by atoms with E-state index in [2.05, 4.69) is 27.3 Å². The summed E-state index contributed by atoms with van der Waals surface area (Å²) in [7, 11) is 3.98. The first-order valence-electron chi connectivity index (χ1n) is 6.71. The lowest BCUT2D eigenvalue weighted by atomic mass is 10.2. The fourth-order valence-electron chi connectivity index (χ4n) is 2.23. The molecule has 1 N–H and O–H groups in total. The van der Waals surface area contributed by atoms with Gasteiger partial charge in [0.2, 0.25) is 5.91 Å². The molecule has 1 aliphatic rings. The molecule has 2 rings (SSSR count). The van der Waals surface area contributed by atoms with Crippen molar-refractivity contribution in [3.8, 4) is 0 Å². The van der Waals surface area contributed by atoms with E-state index < -0.39 is 0 Å². The first-order valence-corrected chi connectivity index (χ1v) is 6.71. The molecule has 1 saturated heterocycles. The number of nitrogens with zero attached hydrogens (tertiary/aromatic N) is 4. The highest BCUT2D eigenvalue weighted by Gasteiger charge is 2.24. The molecular weight excluding hydrogens is 242 g/mol. The van der Waals surface area contributed by atoms with Gasteiger partial charge in [-0.2, -0.15) is 5.10 Å². The Balaban J connectivity index is 1.94. The summed E-state index contributed by atoms with van der Waals surface area (Å²) in [5, 5.41) is 7.09. The van der Waals surface area contributed by atoms with Gasteiger partial charge in [0.05, 0.1) is 23.6 Å². The van der Waals surface area contributed by atoms with Crippen molar-refractivity contribution < 1.29 is 4.79 Å². The molecule has 2 heterocycles. The predicted octanol–water partition coefficient (Wildman–Crippen LogP) is 0.303. The summed E-state index contributed by atoms with van der Waals surface area (Å²) in [5.41, 5.74) is 1.77. The van der Waals surface area contributed by atoms with Crippen molar-refractivity contribution in [2.24, 2.45) is 7.05 Å². The highest BCUT2D eigenvalue weighted by atomic mass is 16.2. The van der Waals surface area contributed by atoms with Gasteiger partial charge in [-0.15, -0.1) is 0 Å². The Kier molecular flexibility index (Phi) is 4.21. The third-order valence-electron chi connectivity index (χ3n) is 3.96. The zero-order valence-electron chi connectivity index (χ0n) is 12.2. The van der Waals surface area contributed by atoms with Crippen LogP contribution in [0.2, 0.25) is 0 Å². The third kappa shape index (κ3) is 3.13. The Morgan fingerprint density at radius 2 is 1.95 bits per heavy atom. The summed E-state index contributed by atoms with van der Waals surface area (Å²) in [5.74, 6) is 0.0423. The zero-order chi connectivity index (χ0) is 14.0. The van der Waals surface area contributed by atoms with Crippen molar-refractivity contribution in [2.45, 2.75) is 19.9 Å². The molecule has 0 aliphatic carbocycles. The van der Waals surface area contributed by atoms with Crippen LogP contribution < -0.4 is 5.32 Å². The fourth-order valence-corrected chi connectivity index (χ4v) is 2.23. The Morgan fingerprint density at radius 3 is 2.47 bits per heavy atom. The zero-order valence-corrected chi connectivity index (χ0v) is 12.2. The van der Waals surface area contributed by atoms with Crippen molar-refractivity contribution in [3.05, 3.63) is 11.9 Å². The molecule has 0 spiro atoms. The molecular formula is C13H23N5O. The van der Waals surface area contributed by atoms with Gasteiger partial charge in [0.1, 0.15) is 0 Å². The van der Waals surface area contributed by atoms with Gasteiger partial charge >= 0.3 is 0 Å². The van der Waals surface area contributed by atoms with Crippen LogP contribution in [0.4, 0.5) is 5.69 Å². The predicted molar refractivity (Wildman–Crippen MR) is 75.1 cm³/mol. The number of anilines is 1. The summed E-state index contributed by atoms with van der Waals surface area (Å²) in [4.78, 5) is 16.8. The molecule has 0 aromatic carbocycles. The molecule has 6 heteroatoms. The second kappa shape index (κ2) is 5.71. The monoisotopic (exact) mass is 265 g/mol. The van der Waals surface area contributed by atoms with Gasteiger partial charge < -0.3 is 10.2 Å². The quantitative estimate of drug-likeness (QED) is 0.854. The van der Waals surface area contributed by atoms with E-state index in [9.17, 15) is 4.79 Å². The number of aryl methyl sites for hydroxylation is 1. The average molecular weight is 265 g/mol. The first kappa shape index (κ1) is 14.0. The van der Waals surface area contributed by atoms with Crippen LogP contribution in [0.15, 0.2) is 6.20 Å². The van der Waals surface area contributed by atoms with E-state index in [1.165, 1.54) is 0 Å². The lowest BCUT2D eigenvalue weighted by molar-refractivity contribution is -0.121. The summed E-state index contributed by atoms with van der Waals surface area (Å²) in [6.45, 7) is 7.83. The maximum absolute atomic E-state index is 12.3. The SMILES string of the molecule is Cc1c(NC(=O)C(C)N2CCN(C)CC2)cnn1C. The number of carbonyl (C=O) groups is 1. The largest absolute Gasteiger partial charge is 0.322 e. The number of hydrogen-bond acceptors (Lipinski definition) is 4. The van der Waals surface area contributed by atoms with Crippen LogP contribution in [0.1, 0.15) is 12.6 Å². The van der Waals surface area contributed by atoms with Gasteiger partial charge in [0.15, 0.2) is 0 Å². The Morgan fingerprint density at radius 1 is 1.32 bits per heavy atom. The lowest BCUT2D eigenvalue weighted by Crippen LogP contribution is -2.51. The van der Waals surface area contributed by atoms with Crippen LogP contribution in [0.5, 0.6) is 0 Å². The van der Waals surface area contributed by atoms with E-state index in [4.69, 9.17) is 0 Å². The third-order valence-corrected chi connectivity index (χ3v) is 3.96. The molecule has 0 bridgehead atoms. The van der Waals surface area contributed by atoms with Crippen LogP contribution in [0.25, 0.3) is 0 Å². The number of nitrogens with one attached hydrogen (secondary N) is 1. The van der Waals surface area contributed by atoms with E-state index in [1.807, 2.05) is 20.9 Å². The average Bonchev–Trinajstić information content (AvgIpc) is 2.71. The molecule has 1 atom stereocenters. The number of aromatic nitrogens is 2. The maximum atomic E-state index is 12.3. The highest BCUT2D eigenvalue weighted by molar-refractivity contribution is 5.94. The molecule has 0 saturated carbocycles. The van der Waals surface area contributed by atoms with Crippen molar-refractivity contribution in [2.75, 3.05) is 38.5 Å². The molecule has 1 amide bonds. The van der Waals surface area contributed by atoms with E-state index >= 15 is 0 Å². The maximum Gasteiger partial charge on any atom is 0.241 e. The van der Waals surface area contributed by atoms with E-state index in [0.29, 0.717) is 0 Å². The summed E-state index contributed by atoms with van der Waals surface area (Å²) >= 11 is 0. The smallest absolute Gasteiger partial charge is 0.241 e. The molecule has 19 heavy (non-hydrogen) atoms. The summed E-state index contributed by atoms with van der Waals surface area (Å²) in [6, 6.07) is -0.103. The van der Waals surface area contributed by atoms with Crippen molar-refractivity contribution in [3.63, 3.8) is 0 Å². The van der Waals surface area contributed by atoms with Crippen LogP contribution in [0.3, 0.4) is 0 Å². The fraction of sp³-hybridized carbons (Fsp3) is 0.692. The molecule has 1 unspecified atom stereocenters. The lowest BCUT2D eigenvalue weighted by Gasteiger charge is -2.35.